The fourth-order valence-electron chi connectivity index (χ4n) is 2.98. The van der Waals surface area contributed by atoms with E-state index in [0.29, 0.717) is 17.7 Å². The third-order valence-electron chi connectivity index (χ3n) is 4.57. The molecule has 4 rings (SSSR count). The average Bonchev–Trinajstić information content (AvgIpc) is 3.25. The van der Waals surface area contributed by atoms with Crippen molar-refractivity contribution in [2.75, 3.05) is 6.54 Å². The van der Waals surface area contributed by atoms with Crippen molar-refractivity contribution >= 4 is 5.91 Å². The SMILES string of the molecule is O=C1NCC2(CC2)c2cc([C@]3(F)C[C@H]3F)ccc21. The second-order valence-electron chi connectivity index (χ2n) is 5.76. The number of hydrogen-bond acceptors (Lipinski definition) is 1. The van der Waals surface area contributed by atoms with Gasteiger partial charge in [-0.1, -0.05) is 12.1 Å². The molecule has 1 aliphatic heterocycles. The molecule has 1 amide bonds. The highest BCUT2D eigenvalue weighted by Gasteiger charge is 2.59. The maximum Gasteiger partial charge on any atom is 0.251 e. The highest BCUT2D eigenvalue weighted by Crippen LogP contribution is 2.55. The smallest absolute Gasteiger partial charge is 0.251 e. The summed E-state index contributed by atoms with van der Waals surface area (Å²) >= 11 is 0. The van der Waals surface area contributed by atoms with Gasteiger partial charge in [0.25, 0.3) is 5.91 Å². The van der Waals surface area contributed by atoms with Crippen molar-refractivity contribution in [1.29, 1.82) is 0 Å². The first-order valence-electron chi connectivity index (χ1n) is 6.31. The molecule has 1 heterocycles. The van der Waals surface area contributed by atoms with Crippen LogP contribution in [0.25, 0.3) is 0 Å². The summed E-state index contributed by atoms with van der Waals surface area (Å²) in [5.41, 5.74) is 0.131. The summed E-state index contributed by atoms with van der Waals surface area (Å²) in [6, 6.07) is 4.92. The number of nitrogens with one attached hydrogen (secondary N) is 1. The quantitative estimate of drug-likeness (QED) is 0.813. The maximum atomic E-state index is 14.1. The van der Waals surface area contributed by atoms with Gasteiger partial charge < -0.3 is 5.32 Å². The van der Waals surface area contributed by atoms with Gasteiger partial charge in [0, 0.05) is 23.9 Å². The molecule has 2 atom stereocenters. The number of fused-ring (bicyclic) bond motifs is 2. The van der Waals surface area contributed by atoms with Gasteiger partial charge in [-0.3, -0.25) is 4.79 Å². The molecule has 3 aliphatic rings. The van der Waals surface area contributed by atoms with Crippen LogP contribution in [0.3, 0.4) is 0 Å². The van der Waals surface area contributed by atoms with Crippen molar-refractivity contribution in [1.82, 2.24) is 5.32 Å². The van der Waals surface area contributed by atoms with Gasteiger partial charge in [-0.15, -0.1) is 0 Å². The lowest BCUT2D eigenvalue weighted by Gasteiger charge is -2.26. The third-order valence-corrected chi connectivity index (χ3v) is 4.57. The standard InChI is InChI=1S/C14H13F2NO/c15-11-6-14(11,16)8-1-2-9-10(5-8)13(3-4-13)7-17-12(9)18/h1-2,5,11H,3-4,6-7H2,(H,17,18)/t11-,14-/m1/s1. The first-order chi connectivity index (χ1) is 8.55. The Morgan fingerprint density at radius 3 is 2.67 bits per heavy atom. The number of carbonyl (C=O) groups excluding carboxylic acids is 1. The zero-order valence-electron chi connectivity index (χ0n) is 9.80. The van der Waals surface area contributed by atoms with Crippen molar-refractivity contribution in [3.8, 4) is 0 Å². The Kier molecular flexibility index (Phi) is 1.70. The molecule has 94 valence electrons. The number of hydrogen-bond donors (Lipinski definition) is 1. The van der Waals surface area contributed by atoms with Gasteiger partial charge in [-0.25, -0.2) is 8.78 Å². The van der Waals surface area contributed by atoms with Gasteiger partial charge in [0.1, 0.15) is 6.17 Å². The van der Waals surface area contributed by atoms with E-state index in [1.165, 1.54) is 0 Å². The molecule has 0 bridgehead atoms. The van der Waals surface area contributed by atoms with Crippen LogP contribution in [0.2, 0.25) is 0 Å². The van der Waals surface area contributed by atoms with Gasteiger partial charge in [-0.05, 0) is 30.0 Å². The van der Waals surface area contributed by atoms with E-state index in [0.717, 1.165) is 18.4 Å². The van der Waals surface area contributed by atoms with Crippen LogP contribution in [-0.2, 0) is 11.1 Å². The highest BCUT2D eigenvalue weighted by molar-refractivity contribution is 5.98. The van der Waals surface area contributed by atoms with E-state index in [4.69, 9.17) is 0 Å². The average molecular weight is 249 g/mol. The fourth-order valence-corrected chi connectivity index (χ4v) is 2.98. The number of halogens is 2. The Bertz CT molecular complexity index is 567. The summed E-state index contributed by atoms with van der Waals surface area (Å²) in [5.74, 6) is -0.102. The molecule has 2 aliphatic carbocycles. The Hall–Kier alpha value is -1.45. The maximum absolute atomic E-state index is 14.1. The van der Waals surface area contributed by atoms with Crippen LogP contribution in [0.5, 0.6) is 0 Å². The van der Waals surface area contributed by atoms with E-state index in [9.17, 15) is 13.6 Å². The van der Waals surface area contributed by atoms with Gasteiger partial charge >= 0.3 is 0 Å². The van der Waals surface area contributed by atoms with Crippen molar-refractivity contribution in [3.63, 3.8) is 0 Å². The van der Waals surface area contributed by atoms with Crippen LogP contribution >= 0.6 is 0 Å². The largest absolute Gasteiger partial charge is 0.351 e. The van der Waals surface area contributed by atoms with E-state index in [-0.39, 0.29) is 17.7 Å². The number of benzene rings is 1. The minimum Gasteiger partial charge on any atom is -0.351 e. The Morgan fingerprint density at radius 1 is 1.33 bits per heavy atom. The fraction of sp³-hybridized carbons (Fsp3) is 0.500. The second kappa shape index (κ2) is 2.92. The van der Waals surface area contributed by atoms with Crippen LogP contribution in [-0.4, -0.2) is 18.6 Å². The van der Waals surface area contributed by atoms with Crippen LogP contribution in [0.1, 0.15) is 40.7 Å². The molecule has 1 N–H and O–H groups in total. The molecule has 4 heteroatoms. The van der Waals surface area contributed by atoms with Crippen molar-refractivity contribution in [2.45, 2.75) is 36.5 Å². The van der Waals surface area contributed by atoms with Gasteiger partial charge in [0.15, 0.2) is 5.67 Å². The van der Waals surface area contributed by atoms with Crippen molar-refractivity contribution < 1.29 is 13.6 Å². The summed E-state index contributed by atoms with van der Waals surface area (Å²) in [5, 5.41) is 2.87. The molecule has 0 aromatic heterocycles. The lowest BCUT2D eigenvalue weighted by molar-refractivity contribution is 0.0937. The predicted octanol–water partition coefficient (Wildman–Crippen LogP) is 2.37. The van der Waals surface area contributed by atoms with Gasteiger partial charge in [0.2, 0.25) is 0 Å². The molecule has 2 saturated carbocycles. The van der Waals surface area contributed by atoms with Gasteiger partial charge in [-0.2, -0.15) is 0 Å². The normalized spacial score (nSPS) is 35.0. The van der Waals surface area contributed by atoms with E-state index >= 15 is 0 Å². The summed E-state index contributed by atoms with van der Waals surface area (Å²) in [6.07, 6.45) is 0.595. The topological polar surface area (TPSA) is 29.1 Å². The van der Waals surface area contributed by atoms with E-state index < -0.39 is 11.8 Å². The van der Waals surface area contributed by atoms with Crippen LogP contribution in [0.15, 0.2) is 18.2 Å². The summed E-state index contributed by atoms with van der Waals surface area (Å²) in [7, 11) is 0. The molecular formula is C14H13F2NO. The van der Waals surface area contributed by atoms with E-state index in [1.807, 2.05) is 0 Å². The first kappa shape index (κ1) is 10.5. The van der Waals surface area contributed by atoms with Crippen molar-refractivity contribution in [3.05, 3.63) is 34.9 Å². The van der Waals surface area contributed by atoms with Crippen LogP contribution in [0.4, 0.5) is 8.78 Å². The third kappa shape index (κ3) is 1.18. The molecule has 0 unspecified atom stereocenters. The number of rotatable bonds is 1. The summed E-state index contributed by atoms with van der Waals surface area (Å²) in [4.78, 5) is 11.8. The molecular weight excluding hydrogens is 236 g/mol. The van der Waals surface area contributed by atoms with Gasteiger partial charge in [0.05, 0.1) is 0 Å². The van der Waals surface area contributed by atoms with Crippen LogP contribution < -0.4 is 5.32 Å². The lowest BCUT2D eigenvalue weighted by Crippen LogP contribution is -2.39. The minimum atomic E-state index is -1.81. The minimum absolute atomic E-state index is 0.00366. The molecule has 2 fully saturated rings. The van der Waals surface area contributed by atoms with Crippen molar-refractivity contribution in [2.24, 2.45) is 0 Å². The lowest BCUT2D eigenvalue weighted by atomic mass is 9.85. The molecule has 1 spiro atoms. The summed E-state index contributed by atoms with van der Waals surface area (Å²) in [6.45, 7) is 0.626. The van der Waals surface area contributed by atoms with E-state index in [1.54, 1.807) is 18.2 Å². The second-order valence-corrected chi connectivity index (χ2v) is 5.76. The number of carbonyl (C=O) groups is 1. The molecule has 0 radical (unpaired) electrons. The van der Waals surface area contributed by atoms with Crippen LogP contribution in [0, 0.1) is 0 Å². The Labute approximate surface area is 103 Å². The zero-order chi connectivity index (χ0) is 12.5. The molecule has 0 saturated heterocycles. The first-order valence-corrected chi connectivity index (χ1v) is 6.31. The Morgan fingerprint density at radius 2 is 2.06 bits per heavy atom. The van der Waals surface area contributed by atoms with E-state index in [2.05, 4.69) is 5.32 Å². The highest BCUT2D eigenvalue weighted by atomic mass is 19.2. The molecule has 1 aromatic rings. The number of amides is 1. The molecule has 2 nitrogen and oxygen atoms in total. The summed E-state index contributed by atoms with van der Waals surface area (Å²) < 4.78 is 27.2. The monoisotopic (exact) mass is 249 g/mol. The zero-order valence-corrected chi connectivity index (χ0v) is 9.80. The number of alkyl halides is 2. The molecule has 18 heavy (non-hydrogen) atoms. The molecule has 1 aromatic carbocycles. The predicted molar refractivity (Wildman–Crippen MR) is 62.0 cm³/mol. The Balaban J connectivity index is 1.85.